The molecule has 1 heterocycles. The molecule has 2 heteroatoms. The van der Waals surface area contributed by atoms with Crippen molar-refractivity contribution in [2.24, 2.45) is 10.8 Å². The summed E-state index contributed by atoms with van der Waals surface area (Å²) in [5.41, 5.74) is 0.403. The lowest BCUT2D eigenvalue weighted by atomic mass is 9.77. The van der Waals surface area contributed by atoms with Crippen LogP contribution in [0, 0.1) is 10.8 Å². The van der Waals surface area contributed by atoms with Gasteiger partial charge in [0.1, 0.15) is 6.29 Å². The molecule has 1 rings (SSSR count). The van der Waals surface area contributed by atoms with Crippen LogP contribution in [-0.2, 0) is 4.79 Å². The van der Waals surface area contributed by atoms with Gasteiger partial charge in [0.2, 0.25) is 0 Å². The largest absolute Gasteiger partial charge is 0.303 e. The van der Waals surface area contributed by atoms with Gasteiger partial charge >= 0.3 is 0 Å². The van der Waals surface area contributed by atoms with Crippen molar-refractivity contribution in [1.82, 2.24) is 4.90 Å². The van der Waals surface area contributed by atoms with Crippen molar-refractivity contribution in [3.8, 4) is 0 Å². The number of carbonyl (C=O) groups is 1. The van der Waals surface area contributed by atoms with Crippen LogP contribution in [0.4, 0.5) is 0 Å². The third-order valence-electron chi connectivity index (χ3n) is 4.59. The third-order valence-corrected chi connectivity index (χ3v) is 4.59. The SMILES string of the molecule is CCC(C)(C=O)CN1CCC(C)(CC)CC1. The van der Waals surface area contributed by atoms with E-state index in [9.17, 15) is 4.79 Å². The summed E-state index contributed by atoms with van der Waals surface area (Å²) in [5.74, 6) is 0. The zero-order chi connectivity index (χ0) is 12.2. The minimum absolute atomic E-state index is 0.139. The highest BCUT2D eigenvalue weighted by molar-refractivity contribution is 5.58. The maximum atomic E-state index is 11.1. The highest BCUT2D eigenvalue weighted by atomic mass is 16.1. The molecule has 1 aliphatic rings. The number of rotatable bonds is 5. The fourth-order valence-electron chi connectivity index (χ4n) is 2.35. The molecule has 0 aliphatic carbocycles. The van der Waals surface area contributed by atoms with Crippen LogP contribution in [0.2, 0.25) is 0 Å². The van der Waals surface area contributed by atoms with Crippen LogP contribution in [0.3, 0.4) is 0 Å². The second kappa shape index (κ2) is 5.31. The summed E-state index contributed by atoms with van der Waals surface area (Å²) in [6.45, 7) is 12.1. The molecule has 0 spiro atoms. The van der Waals surface area contributed by atoms with Crippen molar-refractivity contribution in [2.75, 3.05) is 19.6 Å². The molecule has 0 aromatic heterocycles. The summed E-state index contributed by atoms with van der Waals surface area (Å²) in [5, 5.41) is 0. The average molecular weight is 225 g/mol. The highest BCUT2D eigenvalue weighted by Crippen LogP contribution is 2.35. The predicted octanol–water partition coefficient (Wildman–Crippen LogP) is 3.11. The molecule has 0 radical (unpaired) electrons. The molecule has 0 aromatic rings. The van der Waals surface area contributed by atoms with Crippen molar-refractivity contribution < 1.29 is 4.79 Å². The first-order valence-electron chi connectivity index (χ1n) is 6.66. The third kappa shape index (κ3) is 3.31. The molecule has 0 saturated carbocycles. The summed E-state index contributed by atoms with van der Waals surface area (Å²) < 4.78 is 0. The summed E-state index contributed by atoms with van der Waals surface area (Å²) in [6, 6.07) is 0. The Bertz CT molecular complexity index is 231. The van der Waals surface area contributed by atoms with Crippen LogP contribution in [0.25, 0.3) is 0 Å². The molecular weight excluding hydrogens is 198 g/mol. The van der Waals surface area contributed by atoms with Gasteiger partial charge in [0.25, 0.3) is 0 Å². The van der Waals surface area contributed by atoms with E-state index in [1.807, 2.05) is 0 Å². The lowest BCUT2D eigenvalue weighted by Gasteiger charge is -2.41. The molecule has 0 N–H and O–H groups in total. The average Bonchev–Trinajstić information content (AvgIpc) is 2.32. The van der Waals surface area contributed by atoms with Crippen molar-refractivity contribution in [2.45, 2.75) is 53.4 Å². The molecule has 94 valence electrons. The van der Waals surface area contributed by atoms with E-state index in [1.165, 1.54) is 19.3 Å². The van der Waals surface area contributed by atoms with E-state index < -0.39 is 0 Å². The number of carbonyl (C=O) groups excluding carboxylic acids is 1. The minimum atomic E-state index is -0.139. The van der Waals surface area contributed by atoms with E-state index in [4.69, 9.17) is 0 Å². The summed E-state index contributed by atoms with van der Waals surface area (Å²) in [6.07, 6.45) is 5.92. The standard InChI is InChI=1S/C14H27NO/c1-5-13(3)7-9-15(10-8-13)11-14(4,6-2)12-16/h12H,5-11H2,1-4H3. The van der Waals surface area contributed by atoms with Gasteiger partial charge in [-0.05, 0) is 37.8 Å². The van der Waals surface area contributed by atoms with Crippen LogP contribution in [0.1, 0.15) is 53.4 Å². The normalized spacial score (nSPS) is 25.0. The van der Waals surface area contributed by atoms with E-state index in [0.29, 0.717) is 5.41 Å². The van der Waals surface area contributed by atoms with Gasteiger partial charge in [-0.2, -0.15) is 0 Å². The molecule has 16 heavy (non-hydrogen) atoms. The monoisotopic (exact) mass is 225 g/mol. The van der Waals surface area contributed by atoms with E-state index in [0.717, 1.165) is 32.3 Å². The number of piperidine rings is 1. The summed E-state index contributed by atoms with van der Waals surface area (Å²) in [7, 11) is 0. The first-order chi connectivity index (χ1) is 7.47. The summed E-state index contributed by atoms with van der Waals surface area (Å²) in [4.78, 5) is 13.6. The zero-order valence-electron chi connectivity index (χ0n) is 11.4. The predicted molar refractivity (Wildman–Crippen MR) is 68.5 cm³/mol. The first kappa shape index (κ1) is 13.7. The van der Waals surface area contributed by atoms with Gasteiger partial charge in [-0.15, -0.1) is 0 Å². The Labute approximate surface area is 100 Å². The molecule has 0 bridgehead atoms. The highest BCUT2D eigenvalue weighted by Gasteiger charge is 2.31. The van der Waals surface area contributed by atoms with E-state index in [2.05, 4.69) is 32.6 Å². The maximum absolute atomic E-state index is 11.1. The quantitative estimate of drug-likeness (QED) is 0.670. The second-order valence-corrected chi connectivity index (χ2v) is 6.07. The number of hydrogen-bond acceptors (Lipinski definition) is 2. The van der Waals surface area contributed by atoms with Crippen molar-refractivity contribution in [1.29, 1.82) is 0 Å². The van der Waals surface area contributed by atoms with Crippen molar-refractivity contribution in [3.63, 3.8) is 0 Å². The Morgan fingerprint density at radius 1 is 1.31 bits per heavy atom. The Morgan fingerprint density at radius 3 is 2.25 bits per heavy atom. The van der Waals surface area contributed by atoms with Gasteiger partial charge in [0.15, 0.2) is 0 Å². The molecule has 1 fully saturated rings. The lowest BCUT2D eigenvalue weighted by molar-refractivity contribution is -0.117. The van der Waals surface area contributed by atoms with Gasteiger partial charge in [0.05, 0.1) is 0 Å². The van der Waals surface area contributed by atoms with Gasteiger partial charge < -0.3 is 9.69 Å². The molecule has 1 atom stereocenters. The Morgan fingerprint density at radius 2 is 1.88 bits per heavy atom. The lowest BCUT2D eigenvalue weighted by Crippen LogP contribution is -2.44. The number of hydrogen-bond donors (Lipinski definition) is 0. The second-order valence-electron chi connectivity index (χ2n) is 6.07. The van der Waals surface area contributed by atoms with Gasteiger partial charge in [-0.25, -0.2) is 0 Å². The molecule has 0 amide bonds. The molecule has 1 unspecified atom stereocenters. The van der Waals surface area contributed by atoms with Crippen LogP contribution in [0.15, 0.2) is 0 Å². The number of likely N-dealkylation sites (tertiary alicyclic amines) is 1. The summed E-state index contributed by atoms with van der Waals surface area (Å²) >= 11 is 0. The zero-order valence-corrected chi connectivity index (χ0v) is 11.4. The van der Waals surface area contributed by atoms with Crippen molar-refractivity contribution in [3.05, 3.63) is 0 Å². The van der Waals surface area contributed by atoms with E-state index >= 15 is 0 Å². The van der Waals surface area contributed by atoms with Crippen molar-refractivity contribution >= 4 is 6.29 Å². The molecular formula is C14H27NO. The Kier molecular flexibility index (Phi) is 4.54. The van der Waals surface area contributed by atoms with E-state index in [1.54, 1.807) is 0 Å². The maximum Gasteiger partial charge on any atom is 0.127 e. The minimum Gasteiger partial charge on any atom is -0.303 e. The first-order valence-corrected chi connectivity index (χ1v) is 6.66. The smallest absolute Gasteiger partial charge is 0.127 e. The van der Waals surface area contributed by atoms with Gasteiger partial charge in [-0.1, -0.05) is 34.1 Å². The molecule has 1 aliphatic heterocycles. The number of aldehydes is 1. The van der Waals surface area contributed by atoms with Crippen LogP contribution < -0.4 is 0 Å². The van der Waals surface area contributed by atoms with Crippen LogP contribution in [-0.4, -0.2) is 30.8 Å². The van der Waals surface area contributed by atoms with Gasteiger partial charge in [-0.3, -0.25) is 0 Å². The fourth-order valence-corrected chi connectivity index (χ4v) is 2.35. The fraction of sp³-hybridized carbons (Fsp3) is 0.929. The van der Waals surface area contributed by atoms with Crippen LogP contribution in [0.5, 0.6) is 0 Å². The number of nitrogens with zero attached hydrogens (tertiary/aromatic N) is 1. The molecule has 0 aromatic carbocycles. The topological polar surface area (TPSA) is 20.3 Å². The van der Waals surface area contributed by atoms with E-state index in [-0.39, 0.29) is 5.41 Å². The Balaban J connectivity index is 2.46. The molecule has 1 saturated heterocycles. The van der Waals surface area contributed by atoms with Crippen LogP contribution >= 0.6 is 0 Å². The Hall–Kier alpha value is -0.370. The van der Waals surface area contributed by atoms with Gasteiger partial charge in [0, 0.05) is 12.0 Å². The molecule has 2 nitrogen and oxygen atoms in total.